The van der Waals surface area contributed by atoms with Gasteiger partial charge < -0.3 is 15.8 Å². The van der Waals surface area contributed by atoms with Crippen LogP contribution in [0.1, 0.15) is 32.4 Å². The van der Waals surface area contributed by atoms with Gasteiger partial charge in [-0.05, 0) is 38.5 Å². The van der Waals surface area contributed by atoms with Gasteiger partial charge in [-0.15, -0.1) is 0 Å². The van der Waals surface area contributed by atoms with Crippen LogP contribution in [0.25, 0.3) is 0 Å². The molecule has 1 rings (SSSR count). The second-order valence-corrected chi connectivity index (χ2v) is 6.09. The Labute approximate surface area is 127 Å². The Hall–Kier alpha value is -1.04. The van der Waals surface area contributed by atoms with Gasteiger partial charge >= 0.3 is 6.09 Å². The normalized spacial score (nSPS) is 12.9. The van der Waals surface area contributed by atoms with Crippen LogP contribution in [0.4, 0.5) is 9.18 Å². The molecule has 0 aromatic heterocycles. The molecule has 7 heteroatoms. The van der Waals surface area contributed by atoms with E-state index in [9.17, 15) is 9.18 Å². The highest BCUT2D eigenvalue weighted by molar-refractivity contribution is 6.35. The first-order valence-corrected chi connectivity index (χ1v) is 6.72. The highest BCUT2D eigenvalue weighted by Gasteiger charge is 2.18. The number of rotatable bonds is 3. The van der Waals surface area contributed by atoms with E-state index in [-0.39, 0.29) is 16.6 Å². The zero-order valence-corrected chi connectivity index (χ0v) is 13.0. The summed E-state index contributed by atoms with van der Waals surface area (Å²) in [6, 6.07) is 1.77. The molecule has 0 aliphatic rings. The molecule has 0 radical (unpaired) electrons. The number of benzene rings is 1. The van der Waals surface area contributed by atoms with Crippen molar-refractivity contribution in [3.63, 3.8) is 0 Å². The minimum absolute atomic E-state index is 0.0652. The van der Waals surface area contributed by atoms with Crippen LogP contribution in [0.15, 0.2) is 12.1 Å². The van der Waals surface area contributed by atoms with E-state index >= 15 is 0 Å². The summed E-state index contributed by atoms with van der Waals surface area (Å²) in [6.45, 7) is 5.31. The van der Waals surface area contributed by atoms with E-state index in [2.05, 4.69) is 5.32 Å². The Kier molecular flexibility index (Phi) is 5.62. The summed E-state index contributed by atoms with van der Waals surface area (Å²) in [6.07, 6.45) is -0.599. The van der Waals surface area contributed by atoms with Crippen molar-refractivity contribution >= 4 is 29.3 Å². The van der Waals surface area contributed by atoms with Gasteiger partial charge in [0, 0.05) is 17.6 Å². The Bertz CT molecular complexity index is 504. The lowest BCUT2D eigenvalue weighted by Gasteiger charge is -2.21. The Balaban J connectivity index is 2.66. The third kappa shape index (κ3) is 5.15. The number of halogens is 3. The van der Waals surface area contributed by atoms with Crippen LogP contribution in [0.5, 0.6) is 0 Å². The first kappa shape index (κ1) is 17.0. The van der Waals surface area contributed by atoms with Crippen molar-refractivity contribution in [1.29, 1.82) is 0 Å². The van der Waals surface area contributed by atoms with E-state index in [1.807, 2.05) is 0 Å². The fourth-order valence-corrected chi connectivity index (χ4v) is 1.96. The average molecular weight is 323 g/mol. The van der Waals surface area contributed by atoms with Crippen LogP contribution in [-0.2, 0) is 4.74 Å². The summed E-state index contributed by atoms with van der Waals surface area (Å²) in [5, 5.41) is 2.67. The number of alkyl carbamates (subject to hydrolysis) is 1. The predicted molar refractivity (Wildman–Crippen MR) is 77.6 cm³/mol. The first-order chi connectivity index (χ1) is 9.10. The zero-order valence-electron chi connectivity index (χ0n) is 11.5. The lowest BCUT2D eigenvalue weighted by atomic mass is 10.1. The van der Waals surface area contributed by atoms with Crippen LogP contribution < -0.4 is 11.1 Å². The molecule has 0 bridgehead atoms. The quantitative estimate of drug-likeness (QED) is 0.835. The van der Waals surface area contributed by atoms with Crippen LogP contribution >= 0.6 is 23.2 Å². The lowest BCUT2D eigenvalue weighted by Crippen LogP contribution is -2.36. The zero-order chi connectivity index (χ0) is 15.5. The predicted octanol–water partition coefficient (Wildman–Crippen LogP) is 3.66. The minimum Gasteiger partial charge on any atom is -0.444 e. The molecule has 0 spiro atoms. The van der Waals surface area contributed by atoms with Crippen LogP contribution in [0.2, 0.25) is 10.0 Å². The molecule has 1 unspecified atom stereocenters. The molecule has 1 aromatic rings. The second-order valence-electron chi connectivity index (χ2n) is 5.28. The van der Waals surface area contributed by atoms with Gasteiger partial charge in [-0.1, -0.05) is 23.2 Å². The highest BCUT2D eigenvalue weighted by Crippen LogP contribution is 2.27. The molecule has 112 valence electrons. The summed E-state index contributed by atoms with van der Waals surface area (Å²) in [5.74, 6) is -0.612. The van der Waals surface area contributed by atoms with E-state index in [1.54, 1.807) is 20.8 Å². The smallest absolute Gasteiger partial charge is 0.407 e. The molecule has 0 saturated carbocycles. The first-order valence-electron chi connectivity index (χ1n) is 5.97. The number of amides is 1. The minimum atomic E-state index is -0.665. The summed E-state index contributed by atoms with van der Waals surface area (Å²) >= 11 is 11.5. The van der Waals surface area contributed by atoms with E-state index < -0.39 is 23.6 Å². The summed E-state index contributed by atoms with van der Waals surface area (Å²) in [7, 11) is 0. The van der Waals surface area contributed by atoms with Crippen LogP contribution in [-0.4, -0.2) is 18.2 Å². The molecule has 0 fully saturated rings. The average Bonchev–Trinajstić information content (AvgIpc) is 2.28. The second kappa shape index (κ2) is 6.61. The fraction of sp³-hybridized carbons (Fsp3) is 0.462. The number of carbonyl (C=O) groups excluding carboxylic acids is 1. The maximum atomic E-state index is 13.4. The largest absolute Gasteiger partial charge is 0.444 e. The maximum absolute atomic E-state index is 13.4. The number of ether oxygens (including phenoxy) is 1. The van der Waals surface area contributed by atoms with Crippen molar-refractivity contribution in [3.8, 4) is 0 Å². The van der Waals surface area contributed by atoms with E-state index in [0.29, 0.717) is 5.56 Å². The van der Waals surface area contributed by atoms with Gasteiger partial charge in [0.1, 0.15) is 11.4 Å². The fourth-order valence-electron chi connectivity index (χ4n) is 1.44. The third-order valence-electron chi connectivity index (χ3n) is 2.30. The molecule has 0 aliphatic carbocycles. The van der Waals surface area contributed by atoms with Gasteiger partial charge in [0.25, 0.3) is 0 Å². The van der Waals surface area contributed by atoms with E-state index in [0.717, 1.165) is 6.07 Å². The van der Waals surface area contributed by atoms with Gasteiger partial charge in [-0.3, -0.25) is 0 Å². The lowest BCUT2D eigenvalue weighted by molar-refractivity contribution is 0.0524. The topological polar surface area (TPSA) is 64.3 Å². The summed E-state index contributed by atoms with van der Waals surface area (Å²) < 4.78 is 18.4. The molecule has 1 aromatic carbocycles. The Morgan fingerprint density at radius 1 is 1.40 bits per heavy atom. The van der Waals surface area contributed by atoms with Gasteiger partial charge in [0.2, 0.25) is 0 Å². The Morgan fingerprint density at radius 3 is 2.55 bits per heavy atom. The molecule has 0 aliphatic heterocycles. The SMILES string of the molecule is CC(C)(C)OC(=O)NCC(N)c1cc(F)c(Cl)cc1Cl. The molecule has 1 atom stereocenters. The molecule has 20 heavy (non-hydrogen) atoms. The van der Waals surface area contributed by atoms with Gasteiger partial charge in [0.15, 0.2) is 0 Å². The standard InChI is InChI=1S/C13H17Cl2FN2O2/c1-13(2,3)20-12(19)18-6-11(17)7-4-10(16)9(15)5-8(7)14/h4-5,11H,6,17H2,1-3H3,(H,18,19). The van der Waals surface area contributed by atoms with Crippen LogP contribution in [0.3, 0.4) is 0 Å². The molecule has 0 heterocycles. The summed E-state index contributed by atoms with van der Waals surface area (Å²) in [5.41, 5.74) is 5.63. The van der Waals surface area contributed by atoms with Crippen molar-refractivity contribution in [2.24, 2.45) is 5.73 Å². The molecule has 3 N–H and O–H groups in total. The van der Waals surface area contributed by atoms with Gasteiger partial charge in [-0.25, -0.2) is 9.18 Å². The monoisotopic (exact) mass is 322 g/mol. The van der Waals surface area contributed by atoms with Crippen molar-refractivity contribution in [2.45, 2.75) is 32.4 Å². The van der Waals surface area contributed by atoms with Gasteiger partial charge in [0.05, 0.1) is 5.02 Å². The van der Waals surface area contributed by atoms with Crippen molar-refractivity contribution in [2.75, 3.05) is 6.54 Å². The molecule has 1 amide bonds. The molecular formula is C13H17Cl2FN2O2. The summed E-state index contributed by atoms with van der Waals surface area (Å²) in [4.78, 5) is 11.5. The third-order valence-corrected chi connectivity index (χ3v) is 2.92. The molecular weight excluding hydrogens is 306 g/mol. The van der Waals surface area contributed by atoms with Gasteiger partial charge in [-0.2, -0.15) is 0 Å². The van der Waals surface area contributed by atoms with Crippen molar-refractivity contribution in [3.05, 3.63) is 33.6 Å². The number of nitrogens with two attached hydrogens (primary N) is 1. The molecule has 0 saturated heterocycles. The highest BCUT2D eigenvalue weighted by atomic mass is 35.5. The van der Waals surface area contributed by atoms with E-state index in [1.165, 1.54) is 6.07 Å². The number of hydrogen-bond donors (Lipinski definition) is 2. The number of carbonyl (C=O) groups is 1. The molecule has 4 nitrogen and oxygen atoms in total. The van der Waals surface area contributed by atoms with Crippen molar-refractivity contribution in [1.82, 2.24) is 5.32 Å². The van der Waals surface area contributed by atoms with Crippen LogP contribution in [0, 0.1) is 5.82 Å². The maximum Gasteiger partial charge on any atom is 0.407 e. The number of hydrogen-bond acceptors (Lipinski definition) is 3. The van der Waals surface area contributed by atoms with Crippen molar-refractivity contribution < 1.29 is 13.9 Å². The number of nitrogens with one attached hydrogen (secondary N) is 1. The Morgan fingerprint density at radius 2 is 2.00 bits per heavy atom. The van der Waals surface area contributed by atoms with E-state index in [4.69, 9.17) is 33.7 Å².